The Bertz CT molecular complexity index is 526. The maximum absolute atomic E-state index is 6.15. The highest BCUT2D eigenvalue weighted by atomic mass is 35.5. The summed E-state index contributed by atoms with van der Waals surface area (Å²) < 4.78 is 3.45. The molecule has 2 N–H and O–H groups in total. The number of halogens is 1. The van der Waals surface area contributed by atoms with Crippen LogP contribution in [0.15, 0.2) is 0 Å². The van der Waals surface area contributed by atoms with Crippen LogP contribution in [0.1, 0.15) is 17.1 Å². The van der Waals surface area contributed by atoms with E-state index in [1.54, 1.807) is 9.36 Å². The minimum atomic E-state index is 0.440. The van der Waals surface area contributed by atoms with E-state index in [0.717, 1.165) is 17.1 Å². The molecule has 16 heavy (non-hydrogen) atoms. The zero-order chi connectivity index (χ0) is 11.9. The quantitative estimate of drug-likeness (QED) is 0.847. The van der Waals surface area contributed by atoms with E-state index in [4.69, 9.17) is 17.3 Å². The van der Waals surface area contributed by atoms with Crippen molar-refractivity contribution in [3.05, 3.63) is 22.1 Å². The van der Waals surface area contributed by atoms with Gasteiger partial charge in [-0.2, -0.15) is 5.10 Å². The molecule has 6 nitrogen and oxygen atoms in total. The third kappa shape index (κ3) is 1.65. The predicted molar refractivity (Wildman–Crippen MR) is 61.2 cm³/mol. The number of aryl methyl sites for hydroxylation is 2. The molecule has 0 spiro atoms. The molecule has 0 bridgehead atoms. The third-order valence-corrected chi connectivity index (χ3v) is 3.07. The van der Waals surface area contributed by atoms with Crippen LogP contribution in [0.4, 0.5) is 5.82 Å². The summed E-state index contributed by atoms with van der Waals surface area (Å²) in [7, 11) is 1.85. The number of aromatic nitrogens is 5. The molecular formula is C9H13ClN6. The van der Waals surface area contributed by atoms with E-state index in [9.17, 15) is 0 Å². The van der Waals surface area contributed by atoms with Crippen molar-refractivity contribution >= 4 is 17.4 Å². The molecule has 0 radical (unpaired) electrons. The Morgan fingerprint density at radius 2 is 2.06 bits per heavy atom. The smallest absolute Gasteiger partial charge is 0.168 e. The van der Waals surface area contributed by atoms with Gasteiger partial charge in [0.25, 0.3) is 0 Å². The first-order valence-corrected chi connectivity index (χ1v) is 5.22. The van der Waals surface area contributed by atoms with Crippen molar-refractivity contribution in [2.75, 3.05) is 5.73 Å². The molecule has 2 aromatic rings. The molecule has 0 atom stereocenters. The molecule has 0 unspecified atom stereocenters. The van der Waals surface area contributed by atoms with Crippen LogP contribution in [0, 0.1) is 13.8 Å². The molecule has 2 aromatic heterocycles. The molecule has 2 rings (SSSR count). The van der Waals surface area contributed by atoms with Gasteiger partial charge in [-0.05, 0) is 13.8 Å². The van der Waals surface area contributed by atoms with Crippen LogP contribution in [-0.4, -0.2) is 24.8 Å². The largest absolute Gasteiger partial charge is 0.381 e. The van der Waals surface area contributed by atoms with E-state index in [1.165, 1.54) is 0 Å². The number of hydrogen-bond donors (Lipinski definition) is 1. The Kier molecular flexibility index (Phi) is 2.59. The summed E-state index contributed by atoms with van der Waals surface area (Å²) in [6.45, 7) is 4.26. The fourth-order valence-electron chi connectivity index (χ4n) is 1.52. The highest BCUT2D eigenvalue weighted by Gasteiger charge is 2.14. The lowest BCUT2D eigenvalue weighted by molar-refractivity contribution is 0.588. The second-order valence-electron chi connectivity index (χ2n) is 3.69. The summed E-state index contributed by atoms with van der Waals surface area (Å²) in [4.78, 5) is 0. The minimum Gasteiger partial charge on any atom is -0.381 e. The van der Waals surface area contributed by atoms with Crippen molar-refractivity contribution in [2.45, 2.75) is 20.4 Å². The van der Waals surface area contributed by atoms with Gasteiger partial charge in [0.1, 0.15) is 0 Å². The maximum atomic E-state index is 6.15. The van der Waals surface area contributed by atoms with Crippen LogP contribution in [0.5, 0.6) is 0 Å². The summed E-state index contributed by atoms with van der Waals surface area (Å²) in [5, 5.41) is 12.6. The molecule has 7 heteroatoms. The van der Waals surface area contributed by atoms with E-state index >= 15 is 0 Å². The zero-order valence-corrected chi connectivity index (χ0v) is 10.2. The molecule has 0 saturated carbocycles. The molecule has 0 aliphatic carbocycles. The maximum Gasteiger partial charge on any atom is 0.168 e. The third-order valence-electron chi connectivity index (χ3n) is 2.58. The van der Waals surface area contributed by atoms with Gasteiger partial charge in [0.2, 0.25) is 0 Å². The van der Waals surface area contributed by atoms with Gasteiger partial charge in [0.05, 0.1) is 28.6 Å². The fourth-order valence-corrected chi connectivity index (χ4v) is 1.74. The van der Waals surface area contributed by atoms with Crippen molar-refractivity contribution in [1.82, 2.24) is 24.8 Å². The molecule has 0 fully saturated rings. The highest BCUT2D eigenvalue weighted by Crippen LogP contribution is 2.20. The second kappa shape index (κ2) is 3.79. The summed E-state index contributed by atoms with van der Waals surface area (Å²) >= 11 is 6.15. The standard InChI is InChI=1S/C9H13ClN6/c1-5-8(10)7(15(3)13-5)4-16-6(2)9(11)12-14-16/h4,11H2,1-3H3. The van der Waals surface area contributed by atoms with E-state index in [1.807, 2.05) is 20.9 Å². The molecule has 0 aliphatic rings. The Balaban J connectivity index is 2.37. The highest BCUT2D eigenvalue weighted by molar-refractivity contribution is 6.31. The summed E-state index contributed by atoms with van der Waals surface area (Å²) in [6, 6.07) is 0. The molecule has 2 heterocycles. The SMILES string of the molecule is Cc1nn(C)c(Cn2nnc(N)c2C)c1Cl. The van der Waals surface area contributed by atoms with Gasteiger partial charge in [0.15, 0.2) is 5.82 Å². The number of nitrogens with zero attached hydrogens (tertiary/aromatic N) is 5. The fraction of sp³-hybridized carbons (Fsp3) is 0.444. The number of hydrogen-bond acceptors (Lipinski definition) is 4. The predicted octanol–water partition coefficient (Wildman–Crippen LogP) is 0.912. The van der Waals surface area contributed by atoms with Gasteiger partial charge < -0.3 is 5.73 Å². The number of rotatable bonds is 2. The van der Waals surface area contributed by atoms with Crippen LogP contribution < -0.4 is 5.73 Å². The Morgan fingerprint density at radius 3 is 2.50 bits per heavy atom. The van der Waals surface area contributed by atoms with Gasteiger partial charge in [-0.1, -0.05) is 16.8 Å². The molecular weight excluding hydrogens is 228 g/mol. The first kappa shape index (κ1) is 10.9. The van der Waals surface area contributed by atoms with Crippen molar-refractivity contribution in [2.24, 2.45) is 7.05 Å². The number of nitrogens with two attached hydrogens (primary N) is 1. The Hall–Kier alpha value is -1.56. The summed E-state index contributed by atoms with van der Waals surface area (Å²) in [5.74, 6) is 0.440. The van der Waals surface area contributed by atoms with Gasteiger partial charge in [0, 0.05) is 7.05 Å². The lowest BCUT2D eigenvalue weighted by Gasteiger charge is -2.04. The van der Waals surface area contributed by atoms with E-state index < -0.39 is 0 Å². The normalized spacial score (nSPS) is 11.0. The Morgan fingerprint density at radius 1 is 1.38 bits per heavy atom. The van der Waals surface area contributed by atoms with Crippen LogP contribution in [0.2, 0.25) is 5.02 Å². The van der Waals surface area contributed by atoms with Crippen molar-refractivity contribution in [3.8, 4) is 0 Å². The lowest BCUT2D eigenvalue weighted by Crippen LogP contribution is -2.09. The second-order valence-corrected chi connectivity index (χ2v) is 4.07. The van der Waals surface area contributed by atoms with Crippen molar-refractivity contribution in [1.29, 1.82) is 0 Å². The first-order valence-electron chi connectivity index (χ1n) is 4.84. The van der Waals surface area contributed by atoms with Crippen LogP contribution in [0.25, 0.3) is 0 Å². The van der Waals surface area contributed by atoms with E-state index in [0.29, 0.717) is 17.4 Å². The van der Waals surface area contributed by atoms with E-state index in [2.05, 4.69) is 15.4 Å². The van der Waals surface area contributed by atoms with E-state index in [-0.39, 0.29) is 0 Å². The lowest BCUT2D eigenvalue weighted by atomic mass is 10.3. The van der Waals surface area contributed by atoms with Crippen molar-refractivity contribution in [3.63, 3.8) is 0 Å². The van der Waals surface area contributed by atoms with Crippen molar-refractivity contribution < 1.29 is 0 Å². The van der Waals surface area contributed by atoms with Crippen LogP contribution in [0.3, 0.4) is 0 Å². The van der Waals surface area contributed by atoms with Gasteiger partial charge >= 0.3 is 0 Å². The Labute approximate surface area is 98.0 Å². The van der Waals surface area contributed by atoms with Gasteiger partial charge in [-0.15, -0.1) is 5.10 Å². The zero-order valence-electron chi connectivity index (χ0n) is 9.40. The molecule has 0 saturated heterocycles. The number of anilines is 1. The van der Waals surface area contributed by atoms with Gasteiger partial charge in [-0.25, -0.2) is 4.68 Å². The summed E-state index contributed by atoms with van der Waals surface area (Å²) in [5.41, 5.74) is 8.16. The van der Waals surface area contributed by atoms with Crippen LogP contribution >= 0.6 is 11.6 Å². The number of nitrogen functional groups attached to an aromatic ring is 1. The minimum absolute atomic E-state index is 0.440. The first-order chi connectivity index (χ1) is 7.50. The molecule has 0 aliphatic heterocycles. The molecule has 0 aromatic carbocycles. The van der Waals surface area contributed by atoms with Gasteiger partial charge in [-0.3, -0.25) is 4.68 Å². The molecule has 86 valence electrons. The average Bonchev–Trinajstić information content (AvgIpc) is 2.66. The monoisotopic (exact) mass is 240 g/mol. The molecule has 0 amide bonds. The topological polar surface area (TPSA) is 74.5 Å². The summed E-state index contributed by atoms with van der Waals surface area (Å²) in [6.07, 6.45) is 0. The van der Waals surface area contributed by atoms with Crippen LogP contribution in [-0.2, 0) is 13.6 Å². The average molecular weight is 241 g/mol.